The van der Waals surface area contributed by atoms with Gasteiger partial charge in [0.1, 0.15) is 5.58 Å². The number of hydrogen-bond donors (Lipinski definition) is 1. The van der Waals surface area contributed by atoms with Crippen molar-refractivity contribution in [1.82, 2.24) is 5.32 Å². The van der Waals surface area contributed by atoms with Crippen molar-refractivity contribution >= 4 is 28.5 Å². The van der Waals surface area contributed by atoms with Crippen molar-refractivity contribution in [2.24, 2.45) is 0 Å². The number of nitrogens with one attached hydrogen (secondary N) is 1. The summed E-state index contributed by atoms with van der Waals surface area (Å²) < 4.78 is 5.63. The second-order valence-electron chi connectivity index (χ2n) is 5.13. The molecule has 0 spiro atoms. The van der Waals surface area contributed by atoms with Gasteiger partial charge >= 0.3 is 0 Å². The van der Waals surface area contributed by atoms with Crippen molar-refractivity contribution in [3.63, 3.8) is 0 Å². The molecule has 1 N–H and O–H groups in total. The largest absolute Gasteiger partial charge is 0.450 e. The highest BCUT2D eigenvalue weighted by Gasteiger charge is 2.35. The number of amides is 1. The van der Waals surface area contributed by atoms with Gasteiger partial charge in [0, 0.05) is 5.02 Å². The van der Waals surface area contributed by atoms with Crippen LogP contribution in [0.5, 0.6) is 0 Å². The monoisotopic (exact) mass is 311 g/mol. The molecule has 22 heavy (non-hydrogen) atoms. The first kappa shape index (κ1) is 13.1. The van der Waals surface area contributed by atoms with E-state index in [-0.39, 0.29) is 17.1 Å². The van der Waals surface area contributed by atoms with Crippen molar-refractivity contribution in [2.75, 3.05) is 0 Å². The van der Waals surface area contributed by atoms with Crippen LogP contribution in [0.3, 0.4) is 0 Å². The van der Waals surface area contributed by atoms with Crippen LogP contribution >= 0.6 is 11.6 Å². The van der Waals surface area contributed by atoms with Crippen LogP contribution in [0.25, 0.3) is 11.0 Å². The van der Waals surface area contributed by atoms with Gasteiger partial charge in [-0.3, -0.25) is 9.59 Å². The highest BCUT2D eigenvalue weighted by Crippen LogP contribution is 2.31. The highest BCUT2D eigenvalue weighted by molar-refractivity contribution is 6.30. The van der Waals surface area contributed by atoms with Crippen molar-refractivity contribution < 1.29 is 9.21 Å². The molecule has 0 fully saturated rings. The summed E-state index contributed by atoms with van der Waals surface area (Å²) in [5.41, 5.74) is 1.31. The summed E-state index contributed by atoms with van der Waals surface area (Å²) in [4.78, 5) is 24.9. The molecule has 0 saturated heterocycles. The first-order chi connectivity index (χ1) is 10.6. The lowest BCUT2D eigenvalue weighted by Crippen LogP contribution is -2.21. The summed E-state index contributed by atoms with van der Waals surface area (Å²) in [5.74, 6) is -0.309. The van der Waals surface area contributed by atoms with E-state index in [1.54, 1.807) is 42.5 Å². The number of benzene rings is 2. The maximum Gasteiger partial charge on any atom is 0.288 e. The van der Waals surface area contributed by atoms with E-state index in [2.05, 4.69) is 5.32 Å². The zero-order valence-corrected chi connectivity index (χ0v) is 12.1. The molecule has 0 aliphatic carbocycles. The number of halogens is 1. The number of carbonyl (C=O) groups is 1. The summed E-state index contributed by atoms with van der Waals surface area (Å²) in [7, 11) is 0. The number of para-hydroxylation sites is 1. The fourth-order valence-electron chi connectivity index (χ4n) is 2.79. The Kier molecular flexibility index (Phi) is 2.81. The minimum absolute atomic E-state index is 0.0775. The van der Waals surface area contributed by atoms with E-state index in [9.17, 15) is 9.59 Å². The Morgan fingerprint density at radius 3 is 2.68 bits per heavy atom. The fraction of sp³-hybridized carbons (Fsp3) is 0.0588. The van der Waals surface area contributed by atoms with Gasteiger partial charge in [0.2, 0.25) is 5.76 Å². The second-order valence-corrected chi connectivity index (χ2v) is 5.57. The van der Waals surface area contributed by atoms with Gasteiger partial charge in [-0.05, 0) is 29.8 Å². The van der Waals surface area contributed by atoms with Crippen LogP contribution in [0.4, 0.5) is 0 Å². The van der Waals surface area contributed by atoms with Crippen LogP contribution < -0.4 is 10.7 Å². The van der Waals surface area contributed by atoms with Gasteiger partial charge in [0.15, 0.2) is 5.43 Å². The molecule has 108 valence electrons. The normalized spacial score (nSPS) is 16.6. The molecule has 1 unspecified atom stereocenters. The molecule has 5 heteroatoms. The number of carbonyl (C=O) groups excluding carboxylic acids is 1. The minimum Gasteiger partial charge on any atom is -0.450 e. The minimum atomic E-state index is -0.540. The number of rotatable bonds is 1. The Balaban J connectivity index is 2.01. The van der Waals surface area contributed by atoms with E-state index in [0.717, 1.165) is 5.56 Å². The quantitative estimate of drug-likeness (QED) is 0.750. The summed E-state index contributed by atoms with van der Waals surface area (Å²) in [6.45, 7) is 0. The molecular formula is C17H10ClNO3. The summed E-state index contributed by atoms with van der Waals surface area (Å²) in [6.07, 6.45) is 0. The second kappa shape index (κ2) is 4.71. The van der Waals surface area contributed by atoms with E-state index in [1.807, 2.05) is 6.07 Å². The zero-order chi connectivity index (χ0) is 15.3. The molecule has 2 heterocycles. The molecule has 0 radical (unpaired) electrons. The molecule has 1 amide bonds. The van der Waals surface area contributed by atoms with Gasteiger partial charge in [-0.1, -0.05) is 35.9 Å². The van der Waals surface area contributed by atoms with Crippen LogP contribution in [-0.2, 0) is 0 Å². The van der Waals surface area contributed by atoms with Gasteiger partial charge in [-0.15, -0.1) is 0 Å². The fourth-order valence-corrected chi connectivity index (χ4v) is 2.99. The summed E-state index contributed by atoms with van der Waals surface area (Å²) in [5, 5.41) is 3.80. The smallest absolute Gasteiger partial charge is 0.288 e. The Labute approximate surface area is 130 Å². The predicted molar refractivity (Wildman–Crippen MR) is 83.2 cm³/mol. The van der Waals surface area contributed by atoms with E-state index in [1.165, 1.54) is 0 Å². The van der Waals surface area contributed by atoms with E-state index >= 15 is 0 Å². The summed E-state index contributed by atoms with van der Waals surface area (Å²) >= 11 is 6.01. The van der Waals surface area contributed by atoms with Crippen molar-refractivity contribution in [1.29, 1.82) is 0 Å². The van der Waals surface area contributed by atoms with E-state index in [0.29, 0.717) is 21.6 Å². The Morgan fingerprint density at radius 1 is 1.05 bits per heavy atom. The van der Waals surface area contributed by atoms with E-state index < -0.39 is 6.04 Å². The van der Waals surface area contributed by atoms with Gasteiger partial charge in [0.05, 0.1) is 17.0 Å². The molecule has 1 aliphatic heterocycles. The molecular weight excluding hydrogens is 302 g/mol. The first-order valence-corrected chi connectivity index (χ1v) is 7.15. The molecule has 0 saturated carbocycles. The van der Waals surface area contributed by atoms with Crippen LogP contribution in [0.2, 0.25) is 5.02 Å². The Morgan fingerprint density at radius 2 is 1.86 bits per heavy atom. The maximum atomic E-state index is 12.7. The van der Waals surface area contributed by atoms with Gasteiger partial charge in [0.25, 0.3) is 5.91 Å². The molecule has 1 atom stereocenters. The maximum absolute atomic E-state index is 12.7. The van der Waals surface area contributed by atoms with Crippen LogP contribution in [0.15, 0.2) is 57.7 Å². The number of fused-ring (bicyclic) bond motifs is 2. The third-order valence-corrected chi connectivity index (χ3v) is 4.02. The SMILES string of the molecule is O=C1NC(c2cccc(Cl)c2)c2c1oc1ccccc1c2=O. The lowest BCUT2D eigenvalue weighted by Gasteiger charge is -2.11. The molecule has 2 aromatic carbocycles. The van der Waals surface area contributed by atoms with Crippen LogP contribution in [0.1, 0.15) is 27.7 Å². The molecule has 4 rings (SSSR count). The standard InChI is InChI=1S/C17H10ClNO3/c18-10-5-3-4-9(8-10)14-13-15(20)11-6-1-2-7-12(11)22-16(13)17(21)19-14/h1-8,14H,(H,19,21). The topological polar surface area (TPSA) is 59.3 Å². The Bertz CT molecular complexity index is 977. The highest BCUT2D eigenvalue weighted by atomic mass is 35.5. The molecule has 3 aromatic rings. The van der Waals surface area contributed by atoms with Gasteiger partial charge in [-0.25, -0.2) is 0 Å². The molecule has 1 aliphatic rings. The van der Waals surface area contributed by atoms with Crippen molar-refractivity contribution in [3.8, 4) is 0 Å². The lowest BCUT2D eigenvalue weighted by molar-refractivity contribution is 0.0938. The zero-order valence-electron chi connectivity index (χ0n) is 11.3. The van der Waals surface area contributed by atoms with Gasteiger partial charge < -0.3 is 9.73 Å². The Hall–Kier alpha value is -2.59. The average molecular weight is 312 g/mol. The molecule has 1 aromatic heterocycles. The van der Waals surface area contributed by atoms with Gasteiger partial charge in [-0.2, -0.15) is 0 Å². The average Bonchev–Trinajstić information content (AvgIpc) is 2.85. The molecule has 4 nitrogen and oxygen atoms in total. The van der Waals surface area contributed by atoms with Crippen LogP contribution in [0, 0.1) is 0 Å². The van der Waals surface area contributed by atoms with Crippen molar-refractivity contribution in [2.45, 2.75) is 6.04 Å². The third-order valence-electron chi connectivity index (χ3n) is 3.79. The lowest BCUT2D eigenvalue weighted by atomic mass is 9.99. The van der Waals surface area contributed by atoms with E-state index in [4.69, 9.17) is 16.0 Å². The molecule has 0 bridgehead atoms. The summed E-state index contributed by atoms with van der Waals surface area (Å²) in [6, 6.07) is 13.4. The first-order valence-electron chi connectivity index (χ1n) is 6.77. The third kappa shape index (κ3) is 1.84. The number of hydrogen-bond acceptors (Lipinski definition) is 3. The van der Waals surface area contributed by atoms with Crippen molar-refractivity contribution in [3.05, 3.63) is 80.7 Å². The predicted octanol–water partition coefficient (Wildman–Crippen LogP) is 3.28. The van der Waals surface area contributed by atoms with Crippen LogP contribution in [-0.4, -0.2) is 5.91 Å².